The Labute approximate surface area is 132 Å². The van der Waals surface area contributed by atoms with Crippen molar-refractivity contribution in [3.8, 4) is 0 Å². The summed E-state index contributed by atoms with van der Waals surface area (Å²) >= 11 is 2.98. The van der Waals surface area contributed by atoms with E-state index in [1.807, 2.05) is 24.3 Å². The van der Waals surface area contributed by atoms with Gasteiger partial charge in [0.15, 0.2) is 5.13 Å². The van der Waals surface area contributed by atoms with Gasteiger partial charge < -0.3 is 16.0 Å². The highest BCUT2D eigenvalue weighted by Gasteiger charge is 2.18. The summed E-state index contributed by atoms with van der Waals surface area (Å²) < 4.78 is 0. The maximum Gasteiger partial charge on any atom is 0.265 e. The lowest BCUT2D eigenvalue weighted by atomic mass is 10.2. The molecule has 0 fully saturated rings. The van der Waals surface area contributed by atoms with Crippen LogP contribution in [0.15, 0.2) is 10.8 Å². The number of nitrogens with one attached hydrogen (secondary N) is 1. The van der Waals surface area contributed by atoms with Gasteiger partial charge in [-0.25, -0.2) is 4.98 Å². The van der Waals surface area contributed by atoms with Crippen molar-refractivity contribution in [2.24, 2.45) is 0 Å². The van der Waals surface area contributed by atoms with Crippen molar-refractivity contribution in [1.82, 2.24) is 10.3 Å². The van der Waals surface area contributed by atoms with Crippen LogP contribution in [0, 0.1) is 6.92 Å². The van der Waals surface area contributed by atoms with E-state index in [0.29, 0.717) is 17.2 Å². The van der Waals surface area contributed by atoms with E-state index in [4.69, 9.17) is 5.73 Å². The molecule has 7 heteroatoms. The van der Waals surface area contributed by atoms with Crippen LogP contribution >= 0.6 is 22.7 Å². The van der Waals surface area contributed by atoms with Crippen LogP contribution in [0.1, 0.15) is 34.1 Å². The average Bonchev–Trinajstić information content (AvgIpc) is 3.02. The highest BCUT2D eigenvalue weighted by atomic mass is 32.1. The maximum atomic E-state index is 12.2. The van der Waals surface area contributed by atoms with Crippen molar-refractivity contribution in [3.05, 3.63) is 26.8 Å². The fourth-order valence-corrected chi connectivity index (χ4v) is 3.65. The second kappa shape index (κ2) is 6.91. The molecule has 0 aromatic carbocycles. The lowest BCUT2D eigenvalue weighted by Crippen LogP contribution is -2.22. The zero-order chi connectivity index (χ0) is 15.4. The second-order valence-corrected chi connectivity index (χ2v) is 6.62. The van der Waals surface area contributed by atoms with Gasteiger partial charge >= 0.3 is 0 Å². The van der Waals surface area contributed by atoms with Gasteiger partial charge in [0.25, 0.3) is 5.91 Å². The van der Waals surface area contributed by atoms with Crippen LogP contribution in [0.25, 0.3) is 0 Å². The smallest absolute Gasteiger partial charge is 0.265 e. The van der Waals surface area contributed by atoms with Crippen molar-refractivity contribution in [3.63, 3.8) is 0 Å². The molecular formula is C14H20N4OS2. The van der Waals surface area contributed by atoms with E-state index in [-0.39, 0.29) is 5.91 Å². The minimum absolute atomic E-state index is 0.160. The molecule has 0 atom stereocenters. The molecule has 5 nitrogen and oxygen atoms in total. The van der Waals surface area contributed by atoms with Crippen molar-refractivity contribution in [1.29, 1.82) is 0 Å². The van der Waals surface area contributed by atoms with Crippen LogP contribution in [-0.4, -0.2) is 24.5 Å². The van der Waals surface area contributed by atoms with Gasteiger partial charge in [-0.15, -0.1) is 0 Å². The number of nitrogen functional groups attached to an aromatic ring is 1. The Kier molecular flexibility index (Phi) is 5.19. The molecule has 0 aliphatic heterocycles. The zero-order valence-corrected chi connectivity index (χ0v) is 14.1. The van der Waals surface area contributed by atoms with Crippen LogP contribution in [0.4, 0.5) is 10.9 Å². The molecule has 2 aromatic heterocycles. The predicted molar refractivity (Wildman–Crippen MR) is 90.3 cm³/mol. The quantitative estimate of drug-likeness (QED) is 0.857. The number of hydrogen-bond donors (Lipinski definition) is 2. The third-order valence-electron chi connectivity index (χ3n) is 3.13. The molecular weight excluding hydrogens is 304 g/mol. The van der Waals surface area contributed by atoms with Crippen molar-refractivity contribution in [2.75, 3.05) is 24.2 Å². The summed E-state index contributed by atoms with van der Waals surface area (Å²) in [5.74, 6) is 0.143. The number of rotatable bonds is 6. The molecule has 21 heavy (non-hydrogen) atoms. The summed E-state index contributed by atoms with van der Waals surface area (Å²) in [6, 6.07) is 0. The van der Waals surface area contributed by atoms with E-state index < -0.39 is 0 Å². The van der Waals surface area contributed by atoms with E-state index in [1.165, 1.54) is 16.9 Å². The Bertz CT molecular complexity index is 620. The van der Waals surface area contributed by atoms with Gasteiger partial charge in [0.2, 0.25) is 0 Å². The number of thiazole rings is 1. The van der Waals surface area contributed by atoms with Crippen LogP contribution in [0.5, 0.6) is 0 Å². The Balaban J connectivity index is 2.04. The Morgan fingerprint density at radius 2 is 2.24 bits per heavy atom. The van der Waals surface area contributed by atoms with E-state index >= 15 is 0 Å². The van der Waals surface area contributed by atoms with Crippen LogP contribution in [0.2, 0.25) is 0 Å². The summed E-state index contributed by atoms with van der Waals surface area (Å²) in [6.07, 6.45) is 1.02. The summed E-state index contributed by atoms with van der Waals surface area (Å²) in [5, 5.41) is 7.81. The minimum Gasteiger partial charge on any atom is -0.382 e. The first-order chi connectivity index (χ1) is 10.0. The molecule has 3 N–H and O–H groups in total. The predicted octanol–water partition coefficient (Wildman–Crippen LogP) is 2.87. The minimum atomic E-state index is -0.160. The zero-order valence-electron chi connectivity index (χ0n) is 12.5. The normalized spacial score (nSPS) is 10.6. The van der Waals surface area contributed by atoms with Crippen LogP contribution in [-0.2, 0) is 6.54 Å². The molecule has 2 aromatic rings. The molecule has 0 aliphatic rings. The maximum absolute atomic E-state index is 12.2. The lowest BCUT2D eigenvalue weighted by molar-refractivity contribution is 0.0955. The van der Waals surface area contributed by atoms with Crippen LogP contribution < -0.4 is 16.0 Å². The largest absolute Gasteiger partial charge is 0.382 e. The third kappa shape index (κ3) is 3.74. The molecule has 1 amide bonds. The molecule has 0 spiro atoms. The number of thiophene rings is 1. The highest BCUT2D eigenvalue weighted by molar-refractivity contribution is 7.18. The molecule has 0 unspecified atom stereocenters. The first-order valence-corrected chi connectivity index (χ1v) is 8.56. The molecule has 0 saturated heterocycles. The molecule has 2 heterocycles. The molecule has 114 valence electrons. The Morgan fingerprint density at radius 1 is 1.48 bits per heavy atom. The SMILES string of the molecule is CCCN(C)c1nc(N)c(C(=O)NCc2cscc2C)s1. The van der Waals surface area contributed by atoms with E-state index in [1.54, 1.807) is 11.3 Å². The molecule has 0 saturated carbocycles. The first kappa shape index (κ1) is 15.8. The molecule has 0 radical (unpaired) electrons. The molecule has 0 aliphatic carbocycles. The van der Waals surface area contributed by atoms with Gasteiger partial charge in [-0.3, -0.25) is 4.79 Å². The number of nitrogens with two attached hydrogens (primary N) is 1. The Morgan fingerprint density at radius 3 is 2.86 bits per heavy atom. The van der Waals surface area contributed by atoms with Gasteiger partial charge in [-0.1, -0.05) is 18.3 Å². The summed E-state index contributed by atoms with van der Waals surface area (Å²) in [4.78, 5) is 19.0. The van der Waals surface area contributed by atoms with Gasteiger partial charge in [-0.05, 0) is 35.2 Å². The number of carbonyl (C=O) groups is 1. The Hall–Kier alpha value is -1.60. The molecule has 2 rings (SSSR count). The summed E-state index contributed by atoms with van der Waals surface area (Å²) in [7, 11) is 1.96. The number of carbonyl (C=O) groups excluding carboxylic acids is 1. The number of hydrogen-bond acceptors (Lipinski definition) is 6. The number of aromatic nitrogens is 1. The topological polar surface area (TPSA) is 71.2 Å². The number of nitrogens with zero attached hydrogens (tertiary/aromatic N) is 2. The van der Waals surface area contributed by atoms with Crippen molar-refractivity contribution >= 4 is 39.5 Å². The van der Waals surface area contributed by atoms with Gasteiger partial charge in [-0.2, -0.15) is 11.3 Å². The third-order valence-corrected chi connectivity index (χ3v) is 5.23. The number of anilines is 2. The van der Waals surface area contributed by atoms with Crippen LogP contribution in [0.3, 0.4) is 0 Å². The van der Waals surface area contributed by atoms with Crippen molar-refractivity contribution in [2.45, 2.75) is 26.8 Å². The first-order valence-electron chi connectivity index (χ1n) is 6.80. The fourth-order valence-electron chi connectivity index (χ4n) is 1.90. The van der Waals surface area contributed by atoms with E-state index in [0.717, 1.165) is 23.7 Å². The average molecular weight is 324 g/mol. The lowest BCUT2D eigenvalue weighted by Gasteiger charge is -2.13. The second-order valence-electron chi connectivity index (χ2n) is 4.90. The number of amides is 1. The standard InChI is InChI=1S/C14H20N4OS2/c1-4-5-18(3)14-17-12(15)11(21-14)13(19)16-6-10-8-20-7-9(10)2/h7-8H,4-6,15H2,1-3H3,(H,16,19). The monoisotopic (exact) mass is 324 g/mol. The van der Waals surface area contributed by atoms with Gasteiger partial charge in [0.1, 0.15) is 10.7 Å². The van der Waals surface area contributed by atoms with E-state index in [2.05, 4.69) is 22.6 Å². The molecule has 0 bridgehead atoms. The van der Waals surface area contributed by atoms with Crippen molar-refractivity contribution < 1.29 is 4.79 Å². The fraction of sp³-hybridized carbons (Fsp3) is 0.429. The number of aryl methyl sites for hydroxylation is 1. The summed E-state index contributed by atoms with van der Waals surface area (Å²) in [5.41, 5.74) is 8.20. The van der Waals surface area contributed by atoms with E-state index in [9.17, 15) is 4.79 Å². The van der Waals surface area contributed by atoms with Gasteiger partial charge in [0, 0.05) is 20.1 Å². The van der Waals surface area contributed by atoms with Gasteiger partial charge in [0.05, 0.1) is 0 Å². The highest BCUT2D eigenvalue weighted by Crippen LogP contribution is 2.27. The summed E-state index contributed by atoms with van der Waals surface area (Å²) in [6.45, 7) is 5.55.